The van der Waals surface area contributed by atoms with Crippen molar-refractivity contribution in [2.24, 2.45) is 11.0 Å². The molecule has 2 aliphatic rings. The highest BCUT2D eigenvalue weighted by Crippen LogP contribution is 2.43. The van der Waals surface area contributed by atoms with Gasteiger partial charge >= 0.3 is 0 Å². The van der Waals surface area contributed by atoms with E-state index in [2.05, 4.69) is 5.10 Å². The minimum Gasteiger partial charge on any atom is -0.384 e. The summed E-state index contributed by atoms with van der Waals surface area (Å²) in [7, 11) is -0.0295. The van der Waals surface area contributed by atoms with Crippen LogP contribution in [0, 0.1) is 12.8 Å². The summed E-state index contributed by atoms with van der Waals surface area (Å²) < 4.78 is 38.8. The Morgan fingerprint density at radius 1 is 1.18 bits per heavy atom. The van der Waals surface area contributed by atoms with Crippen molar-refractivity contribution in [1.82, 2.24) is 8.98 Å². The SMILES string of the molecule is Cc1ccc(S(=O)(=O)n2ccc(C(O)(CCC3OCCO3)C3CCC/C3=N\N(C)C)c2)cc1. The van der Waals surface area contributed by atoms with E-state index in [4.69, 9.17) is 9.47 Å². The maximum Gasteiger partial charge on any atom is 0.267 e. The quantitative estimate of drug-likeness (QED) is 0.590. The molecule has 4 rings (SSSR count). The second-order valence-electron chi connectivity index (χ2n) is 9.07. The van der Waals surface area contributed by atoms with Gasteiger partial charge in [-0.05, 0) is 50.8 Å². The molecule has 1 aromatic carbocycles. The Hall–Kier alpha value is -2.20. The first-order valence-corrected chi connectivity index (χ1v) is 12.8. The van der Waals surface area contributed by atoms with Crippen LogP contribution >= 0.6 is 0 Å². The summed E-state index contributed by atoms with van der Waals surface area (Å²) in [6.07, 6.45) is 6.10. The fourth-order valence-electron chi connectivity index (χ4n) is 4.77. The van der Waals surface area contributed by atoms with Crippen LogP contribution in [-0.2, 0) is 25.1 Å². The first-order chi connectivity index (χ1) is 15.7. The summed E-state index contributed by atoms with van der Waals surface area (Å²) in [6.45, 7) is 3.01. The highest BCUT2D eigenvalue weighted by Gasteiger charge is 2.45. The van der Waals surface area contributed by atoms with E-state index in [-0.39, 0.29) is 17.1 Å². The van der Waals surface area contributed by atoms with Gasteiger partial charge in [-0.2, -0.15) is 5.10 Å². The highest BCUT2D eigenvalue weighted by molar-refractivity contribution is 7.90. The minimum absolute atomic E-state index is 0.209. The molecule has 0 radical (unpaired) electrons. The van der Waals surface area contributed by atoms with Crippen LogP contribution in [0.2, 0.25) is 0 Å². The number of aliphatic hydroxyl groups is 1. The van der Waals surface area contributed by atoms with Crippen molar-refractivity contribution in [3.63, 3.8) is 0 Å². The number of ether oxygens (including phenoxy) is 2. The molecular weight excluding hydrogens is 442 g/mol. The third kappa shape index (κ3) is 5.01. The van der Waals surface area contributed by atoms with Crippen molar-refractivity contribution in [2.45, 2.75) is 55.8 Å². The largest absolute Gasteiger partial charge is 0.384 e. The van der Waals surface area contributed by atoms with Crippen molar-refractivity contribution >= 4 is 15.7 Å². The van der Waals surface area contributed by atoms with Crippen LogP contribution in [0.3, 0.4) is 0 Å². The number of benzene rings is 1. The van der Waals surface area contributed by atoms with Crippen molar-refractivity contribution in [1.29, 1.82) is 0 Å². The van der Waals surface area contributed by atoms with E-state index in [0.29, 0.717) is 31.6 Å². The van der Waals surface area contributed by atoms with Gasteiger partial charge in [-0.15, -0.1) is 0 Å². The maximum atomic E-state index is 13.2. The van der Waals surface area contributed by atoms with Crippen LogP contribution in [0.1, 0.15) is 43.2 Å². The van der Waals surface area contributed by atoms with Crippen molar-refractivity contribution < 1.29 is 23.0 Å². The van der Waals surface area contributed by atoms with Gasteiger partial charge in [0, 0.05) is 50.1 Å². The number of hydrogen-bond donors (Lipinski definition) is 1. The summed E-state index contributed by atoms with van der Waals surface area (Å²) in [6, 6.07) is 8.46. The average Bonchev–Trinajstić information content (AvgIpc) is 3.53. The molecule has 2 heterocycles. The lowest BCUT2D eigenvalue weighted by atomic mass is 9.77. The summed E-state index contributed by atoms with van der Waals surface area (Å²) in [5.41, 5.74) is 1.20. The predicted octanol–water partition coefficient (Wildman–Crippen LogP) is 3.09. The molecule has 0 amide bonds. The van der Waals surface area contributed by atoms with Gasteiger partial charge < -0.3 is 19.6 Å². The molecule has 2 fully saturated rings. The molecule has 1 N–H and O–H groups in total. The zero-order chi connectivity index (χ0) is 23.6. The normalized spacial score (nSPS) is 22.7. The second kappa shape index (κ2) is 9.58. The summed E-state index contributed by atoms with van der Waals surface area (Å²) in [4.78, 5) is 0.210. The third-order valence-electron chi connectivity index (χ3n) is 6.45. The molecule has 33 heavy (non-hydrogen) atoms. The first-order valence-electron chi connectivity index (χ1n) is 11.4. The molecule has 2 unspecified atom stereocenters. The number of hydrogen-bond acceptors (Lipinski definition) is 7. The lowest BCUT2D eigenvalue weighted by Crippen LogP contribution is -2.39. The standard InChI is InChI=1S/C24H33N3O5S/c1-18-7-9-20(10-8-18)33(29,30)27-14-12-19(17-27)24(28,13-11-23-31-15-16-32-23)21-5-4-6-22(21)25-26(2)3/h7-10,12,14,17,21,23,28H,4-6,11,13,15-16H2,1-3H3/b25-22+. The topological polar surface area (TPSA) is 93.4 Å². The fraction of sp³-hybridized carbons (Fsp3) is 0.542. The molecule has 1 saturated carbocycles. The van der Waals surface area contributed by atoms with Gasteiger partial charge in [-0.25, -0.2) is 12.4 Å². The number of rotatable bonds is 8. The molecule has 1 saturated heterocycles. The Labute approximate surface area is 195 Å². The van der Waals surface area contributed by atoms with E-state index < -0.39 is 15.6 Å². The second-order valence-corrected chi connectivity index (χ2v) is 10.9. The maximum absolute atomic E-state index is 13.2. The highest BCUT2D eigenvalue weighted by atomic mass is 32.2. The van der Waals surface area contributed by atoms with Crippen molar-refractivity contribution in [3.8, 4) is 0 Å². The van der Waals surface area contributed by atoms with Crippen LogP contribution < -0.4 is 0 Å². The van der Waals surface area contributed by atoms with E-state index in [1.54, 1.807) is 35.3 Å². The molecule has 8 nitrogen and oxygen atoms in total. The van der Waals surface area contributed by atoms with Crippen LogP contribution in [-0.4, -0.2) is 61.8 Å². The molecule has 2 aromatic rings. The number of hydrazone groups is 1. The summed E-state index contributed by atoms with van der Waals surface area (Å²) in [5.74, 6) is -0.209. The Kier molecular flexibility index (Phi) is 6.95. The molecule has 1 aliphatic heterocycles. The lowest BCUT2D eigenvalue weighted by Gasteiger charge is -2.35. The van der Waals surface area contributed by atoms with Crippen molar-refractivity contribution in [3.05, 3.63) is 53.9 Å². The average molecular weight is 476 g/mol. The number of nitrogens with zero attached hydrogens (tertiary/aromatic N) is 3. The van der Waals surface area contributed by atoms with E-state index in [9.17, 15) is 13.5 Å². The Morgan fingerprint density at radius 2 is 1.88 bits per heavy atom. The molecule has 1 aromatic heterocycles. The number of aromatic nitrogens is 1. The van der Waals surface area contributed by atoms with Crippen LogP contribution in [0.15, 0.2) is 52.7 Å². The molecule has 1 aliphatic carbocycles. The van der Waals surface area contributed by atoms with Gasteiger partial charge in [-0.3, -0.25) is 0 Å². The van der Waals surface area contributed by atoms with Crippen LogP contribution in [0.5, 0.6) is 0 Å². The van der Waals surface area contributed by atoms with Gasteiger partial charge in [0.05, 0.1) is 23.7 Å². The zero-order valence-electron chi connectivity index (χ0n) is 19.5. The Balaban J connectivity index is 1.68. The Bertz CT molecular complexity index is 1090. The molecular formula is C24H33N3O5S. The third-order valence-corrected chi connectivity index (χ3v) is 8.10. The van der Waals surface area contributed by atoms with E-state index in [1.165, 1.54) is 16.4 Å². The van der Waals surface area contributed by atoms with Gasteiger partial charge in [-0.1, -0.05) is 17.7 Å². The molecule has 0 spiro atoms. The molecule has 180 valence electrons. The van der Waals surface area contributed by atoms with Crippen molar-refractivity contribution in [2.75, 3.05) is 27.3 Å². The molecule has 0 bridgehead atoms. The van der Waals surface area contributed by atoms with Crippen LogP contribution in [0.25, 0.3) is 0 Å². The van der Waals surface area contributed by atoms with E-state index in [1.807, 2.05) is 21.0 Å². The van der Waals surface area contributed by atoms with Gasteiger partial charge in [0.1, 0.15) is 0 Å². The minimum atomic E-state index is -3.76. The fourth-order valence-corrected chi connectivity index (χ4v) is 5.96. The smallest absolute Gasteiger partial charge is 0.267 e. The van der Waals surface area contributed by atoms with Gasteiger partial charge in [0.25, 0.3) is 10.0 Å². The molecule has 9 heteroatoms. The summed E-state index contributed by atoms with van der Waals surface area (Å²) in [5, 5.41) is 18.5. The van der Waals surface area contributed by atoms with Gasteiger partial charge in [0.2, 0.25) is 0 Å². The Morgan fingerprint density at radius 3 is 2.55 bits per heavy atom. The number of aryl methyl sites for hydroxylation is 1. The predicted molar refractivity (Wildman–Crippen MR) is 125 cm³/mol. The van der Waals surface area contributed by atoms with E-state index >= 15 is 0 Å². The van der Waals surface area contributed by atoms with E-state index in [0.717, 1.165) is 30.5 Å². The molecule has 2 atom stereocenters. The monoisotopic (exact) mass is 475 g/mol. The zero-order valence-corrected chi connectivity index (χ0v) is 20.3. The lowest BCUT2D eigenvalue weighted by molar-refractivity contribution is -0.0769. The van der Waals surface area contributed by atoms with Gasteiger partial charge in [0.15, 0.2) is 6.29 Å². The van der Waals surface area contributed by atoms with Crippen LogP contribution in [0.4, 0.5) is 0 Å². The first kappa shape index (κ1) is 23.9. The summed E-state index contributed by atoms with van der Waals surface area (Å²) >= 11 is 0.